The fourth-order valence-electron chi connectivity index (χ4n) is 2.13. The molecule has 0 aliphatic carbocycles. The molecular weight excluding hydrogens is 208 g/mol. The van der Waals surface area contributed by atoms with Gasteiger partial charge in [0.15, 0.2) is 0 Å². The van der Waals surface area contributed by atoms with E-state index in [1.807, 2.05) is 24.0 Å². The molecule has 5 nitrogen and oxygen atoms in total. The number of aliphatic hydroxyl groups excluding tert-OH is 2. The maximum atomic E-state index is 9.50. The first-order chi connectivity index (χ1) is 7.61. The second-order valence-corrected chi connectivity index (χ2v) is 4.29. The Morgan fingerprint density at radius 1 is 1.44 bits per heavy atom. The summed E-state index contributed by atoms with van der Waals surface area (Å²) in [4.78, 5) is 1.95. The number of furan rings is 1. The molecule has 5 heteroatoms. The van der Waals surface area contributed by atoms with Crippen LogP contribution in [0.1, 0.15) is 17.6 Å². The lowest BCUT2D eigenvalue weighted by Crippen LogP contribution is -2.32. The Labute approximate surface area is 94.5 Å². The van der Waals surface area contributed by atoms with E-state index in [0.717, 1.165) is 11.5 Å². The number of likely N-dealkylation sites (tertiary alicyclic amines) is 1. The molecule has 1 aromatic rings. The number of aliphatic hydroxyl groups is 2. The molecule has 0 amide bonds. The molecule has 3 atom stereocenters. The van der Waals surface area contributed by atoms with E-state index >= 15 is 0 Å². The summed E-state index contributed by atoms with van der Waals surface area (Å²) in [6, 6.07) is 3.71. The zero-order valence-electron chi connectivity index (χ0n) is 9.34. The second-order valence-electron chi connectivity index (χ2n) is 4.29. The first kappa shape index (κ1) is 11.6. The minimum absolute atomic E-state index is 0.0690. The van der Waals surface area contributed by atoms with Gasteiger partial charge in [-0.05, 0) is 19.1 Å². The Bertz CT molecular complexity index is 343. The van der Waals surface area contributed by atoms with Gasteiger partial charge in [0, 0.05) is 19.6 Å². The third kappa shape index (κ3) is 2.12. The van der Waals surface area contributed by atoms with Crippen molar-refractivity contribution in [1.29, 1.82) is 0 Å². The van der Waals surface area contributed by atoms with Crippen molar-refractivity contribution < 1.29 is 14.6 Å². The van der Waals surface area contributed by atoms with Gasteiger partial charge >= 0.3 is 0 Å². The van der Waals surface area contributed by atoms with Crippen LogP contribution in [0, 0.1) is 6.92 Å². The van der Waals surface area contributed by atoms with E-state index in [-0.39, 0.29) is 6.04 Å². The molecule has 2 heterocycles. The largest absolute Gasteiger partial charge is 0.465 e. The van der Waals surface area contributed by atoms with E-state index in [4.69, 9.17) is 10.2 Å². The summed E-state index contributed by atoms with van der Waals surface area (Å²) in [5.41, 5.74) is 5.72. The van der Waals surface area contributed by atoms with Gasteiger partial charge in [-0.1, -0.05) is 0 Å². The molecule has 4 N–H and O–H groups in total. The third-order valence-electron chi connectivity index (χ3n) is 3.04. The van der Waals surface area contributed by atoms with Gasteiger partial charge in [-0.3, -0.25) is 4.90 Å². The number of β-amino-alcohol motifs (C(OH)–C–C–N with tert-alkyl or cyclic N) is 2. The standard InChI is InChI=1S/C11H18N2O3/c1-7-2-3-11(16-7)8(4-12)13-5-9(14)10(15)6-13/h2-3,8-10,14-15H,4-6,12H2,1H3. The third-order valence-corrected chi connectivity index (χ3v) is 3.04. The minimum Gasteiger partial charge on any atom is -0.465 e. The van der Waals surface area contributed by atoms with Crippen molar-refractivity contribution in [3.05, 3.63) is 23.7 Å². The highest BCUT2D eigenvalue weighted by atomic mass is 16.3. The molecular formula is C11H18N2O3. The molecule has 0 bridgehead atoms. The average molecular weight is 226 g/mol. The topological polar surface area (TPSA) is 82.9 Å². The van der Waals surface area contributed by atoms with Crippen LogP contribution < -0.4 is 5.73 Å². The van der Waals surface area contributed by atoms with Gasteiger partial charge < -0.3 is 20.4 Å². The zero-order chi connectivity index (χ0) is 11.7. The van der Waals surface area contributed by atoms with E-state index in [9.17, 15) is 10.2 Å². The minimum atomic E-state index is -0.690. The second kappa shape index (κ2) is 4.55. The van der Waals surface area contributed by atoms with E-state index in [2.05, 4.69) is 0 Å². The van der Waals surface area contributed by atoms with Crippen LogP contribution >= 0.6 is 0 Å². The Morgan fingerprint density at radius 2 is 2.06 bits per heavy atom. The maximum Gasteiger partial charge on any atom is 0.122 e. The van der Waals surface area contributed by atoms with Crippen molar-refractivity contribution in [3.8, 4) is 0 Å². The van der Waals surface area contributed by atoms with Crippen LogP contribution in [0.25, 0.3) is 0 Å². The summed E-state index contributed by atoms with van der Waals surface area (Å²) < 4.78 is 5.53. The Balaban J connectivity index is 2.12. The molecule has 1 saturated heterocycles. The summed E-state index contributed by atoms with van der Waals surface area (Å²) in [6.07, 6.45) is -1.38. The molecule has 90 valence electrons. The van der Waals surface area contributed by atoms with Crippen LogP contribution in [0.3, 0.4) is 0 Å². The van der Waals surface area contributed by atoms with Gasteiger partial charge in [0.2, 0.25) is 0 Å². The number of rotatable bonds is 3. The lowest BCUT2D eigenvalue weighted by Gasteiger charge is -2.24. The maximum absolute atomic E-state index is 9.50. The monoisotopic (exact) mass is 226 g/mol. The van der Waals surface area contributed by atoms with E-state index in [0.29, 0.717) is 19.6 Å². The lowest BCUT2D eigenvalue weighted by molar-refractivity contribution is 0.0572. The SMILES string of the molecule is Cc1ccc(C(CN)N2CC(O)C(O)C2)o1. The molecule has 1 aliphatic rings. The molecule has 0 radical (unpaired) electrons. The van der Waals surface area contributed by atoms with Crippen molar-refractivity contribution in [2.24, 2.45) is 5.73 Å². The van der Waals surface area contributed by atoms with Crippen molar-refractivity contribution in [3.63, 3.8) is 0 Å². The van der Waals surface area contributed by atoms with Gasteiger partial charge in [-0.25, -0.2) is 0 Å². The van der Waals surface area contributed by atoms with E-state index in [1.165, 1.54) is 0 Å². The Morgan fingerprint density at radius 3 is 2.50 bits per heavy atom. The first-order valence-corrected chi connectivity index (χ1v) is 5.48. The molecule has 16 heavy (non-hydrogen) atoms. The van der Waals surface area contributed by atoms with Crippen LogP contribution in [-0.2, 0) is 0 Å². The van der Waals surface area contributed by atoms with Gasteiger partial charge in [0.25, 0.3) is 0 Å². The fourth-order valence-corrected chi connectivity index (χ4v) is 2.13. The number of aryl methyl sites for hydroxylation is 1. The molecule has 2 rings (SSSR count). The molecule has 1 aliphatic heterocycles. The van der Waals surface area contributed by atoms with Crippen molar-refractivity contribution in [2.75, 3.05) is 19.6 Å². The fraction of sp³-hybridized carbons (Fsp3) is 0.636. The van der Waals surface area contributed by atoms with Gasteiger partial charge in [0.05, 0.1) is 18.2 Å². The lowest BCUT2D eigenvalue weighted by atomic mass is 10.2. The van der Waals surface area contributed by atoms with Crippen LogP contribution in [0.15, 0.2) is 16.5 Å². The summed E-state index contributed by atoms with van der Waals surface area (Å²) in [6.45, 7) is 3.16. The Kier molecular flexibility index (Phi) is 3.30. The van der Waals surface area contributed by atoms with Crippen molar-refractivity contribution in [2.45, 2.75) is 25.2 Å². The van der Waals surface area contributed by atoms with E-state index in [1.54, 1.807) is 0 Å². The predicted octanol–water partition coefficient (Wildman–Crippen LogP) is -0.375. The highest BCUT2D eigenvalue weighted by Gasteiger charge is 2.34. The molecule has 1 fully saturated rings. The zero-order valence-corrected chi connectivity index (χ0v) is 9.34. The number of hydrogen-bond acceptors (Lipinski definition) is 5. The average Bonchev–Trinajstić information content (AvgIpc) is 2.77. The van der Waals surface area contributed by atoms with Gasteiger partial charge in [-0.2, -0.15) is 0 Å². The van der Waals surface area contributed by atoms with Crippen molar-refractivity contribution >= 4 is 0 Å². The first-order valence-electron chi connectivity index (χ1n) is 5.48. The van der Waals surface area contributed by atoms with Crippen LogP contribution in [0.2, 0.25) is 0 Å². The number of hydrogen-bond donors (Lipinski definition) is 3. The summed E-state index contributed by atoms with van der Waals surface area (Å²) in [7, 11) is 0. The van der Waals surface area contributed by atoms with Gasteiger partial charge in [-0.15, -0.1) is 0 Å². The molecule has 0 saturated carbocycles. The van der Waals surface area contributed by atoms with Crippen molar-refractivity contribution in [1.82, 2.24) is 4.90 Å². The summed E-state index contributed by atoms with van der Waals surface area (Å²) >= 11 is 0. The molecule has 0 aromatic carbocycles. The number of nitrogens with zero attached hydrogens (tertiary/aromatic N) is 1. The summed E-state index contributed by atoms with van der Waals surface area (Å²) in [5, 5.41) is 19.0. The summed E-state index contributed by atoms with van der Waals surface area (Å²) in [5.74, 6) is 1.63. The number of nitrogens with two attached hydrogens (primary N) is 1. The van der Waals surface area contributed by atoms with Crippen LogP contribution in [0.5, 0.6) is 0 Å². The van der Waals surface area contributed by atoms with Crippen LogP contribution in [-0.4, -0.2) is 47.0 Å². The highest BCUT2D eigenvalue weighted by Crippen LogP contribution is 2.25. The van der Waals surface area contributed by atoms with E-state index < -0.39 is 12.2 Å². The quantitative estimate of drug-likeness (QED) is 0.654. The van der Waals surface area contributed by atoms with Crippen LogP contribution in [0.4, 0.5) is 0 Å². The normalized spacial score (nSPS) is 28.5. The predicted molar refractivity (Wildman–Crippen MR) is 58.8 cm³/mol. The van der Waals surface area contributed by atoms with Gasteiger partial charge in [0.1, 0.15) is 11.5 Å². The Hall–Kier alpha value is -0.880. The molecule has 0 spiro atoms. The smallest absolute Gasteiger partial charge is 0.122 e. The molecule has 1 aromatic heterocycles. The molecule has 3 unspecified atom stereocenters. The highest BCUT2D eigenvalue weighted by molar-refractivity contribution is 5.11.